The largest absolute Gasteiger partial charge is 0.269 e. The minimum Gasteiger partial charge on any atom is -0.269 e. The number of hydrogen-bond donors (Lipinski definition) is 1. The van der Waals surface area contributed by atoms with Crippen LogP contribution in [0.3, 0.4) is 0 Å². The molecule has 2 heterocycles. The first-order valence-corrected chi connectivity index (χ1v) is 5.34. The first-order chi connectivity index (χ1) is 7.29. The van der Waals surface area contributed by atoms with E-state index in [4.69, 9.17) is 5.41 Å². The molecule has 15 heavy (non-hydrogen) atoms. The van der Waals surface area contributed by atoms with Crippen molar-refractivity contribution >= 4 is 5.65 Å². The zero-order valence-electron chi connectivity index (χ0n) is 10.2. The molecule has 2 rings (SSSR count). The molecule has 0 saturated carbocycles. The normalized spacial score (nSPS) is 8.60. The first-order valence-electron chi connectivity index (χ1n) is 5.34. The molecule has 0 radical (unpaired) electrons. The lowest BCUT2D eigenvalue weighted by atomic mass is 10.5. The molecule has 2 aromatic rings. The van der Waals surface area contributed by atoms with Crippen molar-refractivity contribution in [3.63, 3.8) is 0 Å². The molecule has 0 aliphatic carbocycles. The summed E-state index contributed by atoms with van der Waals surface area (Å²) >= 11 is 0. The van der Waals surface area contributed by atoms with Gasteiger partial charge in [-0.3, -0.25) is 9.81 Å². The van der Waals surface area contributed by atoms with Crippen LogP contribution in [-0.2, 0) is 7.05 Å². The Hall–Kier alpha value is -1.58. The van der Waals surface area contributed by atoms with Gasteiger partial charge in [0.1, 0.15) is 0 Å². The van der Waals surface area contributed by atoms with E-state index >= 15 is 0 Å². The van der Waals surface area contributed by atoms with Gasteiger partial charge in [-0.2, -0.15) is 5.10 Å². The maximum atomic E-state index is 7.53. The predicted octanol–water partition coefficient (Wildman–Crippen LogP) is 2.20. The summed E-state index contributed by atoms with van der Waals surface area (Å²) in [7, 11) is 1.76. The molecule has 0 aliphatic rings. The topological polar surface area (TPSA) is 46.1 Å². The third-order valence-corrected chi connectivity index (χ3v) is 1.63. The second-order valence-corrected chi connectivity index (χ2v) is 2.38. The van der Waals surface area contributed by atoms with Gasteiger partial charge in [0.25, 0.3) is 0 Å². The highest BCUT2D eigenvalue weighted by Crippen LogP contribution is 1.92. The number of hydrogen-bond acceptors (Lipinski definition) is 2. The molecule has 2 aromatic heterocycles. The molecule has 4 nitrogen and oxygen atoms in total. The van der Waals surface area contributed by atoms with E-state index in [0.717, 1.165) is 5.65 Å². The van der Waals surface area contributed by atoms with Crippen LogP contribution >= 0.6 is 0 Å². The fourth-order valence-electron chi connectivity index (χ4n) is 1.05. The summed E-state index contributed by atoms with van der Waals surface area (Å²) in [6.45, 7) is 8.00. The van der Waals surface area contributed by atoms with E-state index in [-0.39, 0.29) is 0 Å². The fraction of sp³-hybridized carbons (Fsp3) is 0.455. The summed E-state index contributed by atoms with van der Waals surface area (Å²) in [6, 6.07) is 5.66. The SMILES string of the molecule is CC.CC.Cn1nc2ccccn2c1=N. The average molecular weight is 208 g/mol. The number of fused-ring (bicyclic) bond motifs is 1. The Kier molecular flexibility index (Phi) is 6.09. The summed E-state index contributed by atoms with van der Waals surface area (Å²) in [5.74, 6) is 0. The molecule has 0 bridgehead atoms. The van der Waals surface area contributed by atoms with Gasteiger partial charge >= 0.3 is 0 Å². The molecule has 0 saturated heterocycles. The van der Waals surface area contributed by atoms with Crippen LogP contribution in [0.1, 0.15) is 27.7 Å². The Morgan fingerprint density at radius 3 is 2.27 bits per heavy atom. The lowest BCUT2D eigenvalue weighted by molar-refractivity contribution is 0.699. The molecule has 4 heteroatoms. The van der Waals surface area contributed by atoms with Crippen molar-refractivity contribution in [1.29, 1.82) is 5.41 Å². The zero-order valence-corrected chi connectivity index (χ0v) is 10.2. The second kappa shape index (κ2) is 6.81. The van der Waals surface area contributed by atoms with Gasteiger partial charge in [-0.25, -0.2) is 4.68 Å². The van der Waals surface area contributed by atoms with Crippen molar-refractivity contribution in [3.8, 4) is 0 Å². The number of pyridine rings is 1. The molecule has 1 N–H and O–H groups in total. The molecule has 0 atom stereocenters. The molecule has 84 valence electrons. The van der Waals surface area contributed by atoms with E-state index < -0.39 is 0 Å². The minimum atomic E-state index is 0.389. The van der Waals surface area contributed by atoms with E-state index in [0.29, 0.717) is 5.62 Å². The Morgan fingerprint density at radius 1 is 1.13 bits per heavy atom. The van der Waals surface area contributed by atoms with Crippen molar-refractivity contribution < 1.29 is 0 Å². The smallest absolute Gasteiger partial charge is 0.224 e. The number of nitrogens with one attached hydrogen (secondary N) is 1. The highest BCUT2D eigenvalue weighted by atomic mass is 15.4. The highest BCUT2D eigenvalue weighted by Gasteiger charge is 1.96. The summed E-state index contributed by atoms with van der Waals surface area (Å²) in [6.07, 6.45) is 1.82. The Morgan fingerprint density at radius 2 is 1.73 bits per heavy atom. The van der Waals surface area contributed by atoms with Gasteiger partial charge in [0.05, 0.1) is 0 Å². The van der Waals surface area contributed by atoms with Crippen molar-refractivity contribution in [2.75, 3.05) is 0 Å². The van der Waals surface area contributed by atoms with Crippen LogP contribution in [0.15, 0.2) is 24.4 Å². The molecule has 0 spiro atoms. The van der Waals surface area contributed by atoms with Gasteiger partial charge in [-0.05, 0) is 12.1 Å². The van der Waals surface area contributed by atoms with Crippen molar-refractivity contribution in [1.82, 2.24) is 14.2 Å². The number of aryl methyl sites for hydroxylation is 1. The van der Waals surface area contributed by atoms with E-state index in [1.54, 1.807) is 11.4 Å². The molecule has 0 fully saturated rings. The third kappa shape index (κ3) is 2.94. The monoisotopic (exact) mass is 208 g/mol. The van der Waals surface area contributed by atoms with Crippen molar-refractivity contribution in [3.05, 3.63) is 30.0 Å². The van der Waals surface area contributed by atoms with Gasteiger partial charge in [0.2, 0.25) is 5.62 Å². The fourth-order valence-corrected chi connectivity index (χ4v) is 1.05. The maximum Gasteiger partial charge on any atom is 0.224 e. The van der Waals surface area contributed by atoms with Crippen LogP contribution in [0.25, 0.3) is 5.65 Å². The van der Waals surface area contributed by atoms with Gasteiger partial charge in [0, 0.05) is 13.2 Å². The number of aromatic nitrogens is 3. The number of rotatable bonds is 0. The molecule has 0 amide bonds. The van der Waals surface area contributed by atoms with Crippen LogP contribution in [-0.4, -0.2) is 14.2 Å². The summed E-state index contributed by atoms with van der Waals surface area (Å²) in [5.41, 5.74) is 1.20. The maximum absolute atomic E-state index is 7.53. The van der Waals surface area contributed by atoms with Crippen LogP contribution in [0, 0.1) is 5.41 Å². The van der Waals surface area contributed by atoms with Crippen LogP contribution < -0.4 is 5.62 Å². The second-order valence-electron chi connectivity index (χ2n) is 2.38. The summed E-state index contributed by atoms with van der Waals surface area (Å²) in [4.78, 5) is 0. The molecule has 0 aromatic carbocycles. The zero-order chi connectivity index (χ0) is 11.8. The summed E-state index contributed by atoms with van der Waals surface area (Å²) in [5, 5.41) is 11.6. The molecule has 0 unspecified atom stereocenters. The Balaban J connectivity index is 0.000000442. The van der Waals surface area contributed by atoms with Gasteiger partial charge in [0.15, 0.2) is 5.65 Å². The molecule has 0 aliphatic heterocycles. The molecular formula is C11H20N4. The van der Waals surface area contributed by atoms with Crippen molar-refractivity contribution in [2.45, 2.75) is 27.7 Å². The average Bonchev–Trinajstić information content (AvgIpc) is 2.61. The number of nitrogens with zero attached hydrogens (tertiary/aromatic N) is 3. The summed E-state index contributed by atoms with van der Waals surface area (Å²) < 4.78 is 3.26. The van der Waals surface area contributed by atoms with Crippen LogP contribution in [0.4, 0.5) is 0 Å². The van der Waals surface area contributed by atoms with E-state index in [2.05, 4.69) is 5.10 Å². The van der Waals surface area contributed by atoms with E-state index in [1.165, 1.54) is 4.68 Å². The third-order valence-electron chi connectivity index (χ3n) is 1.63. The van der Waals surface area contributed by atoms with E-state index in [9.17, 15) is 0 Å². The van der Waals surface area contributed by atoms with Crippen molar-refractivity contribution in [2.24, 2.45) is 7.05 Å². The van der Waals surface area contributed by atoms with Gasteiger partial charge in [-0.15, -0.1) is 0 Å². The highest BCUT2D eigenvalue weighted by molar-refractivity contribution is 5.34. The lowest BCUT2D eigenvalue weighted by Crippen LogP contribution is -2.17. The van der Waals surface area contributed by atoms with Crippen LogP contribution in [0.5, 0.6) is 0 Å². The van der Waals surface area contributed by atoms with Gasteiger partial charge < -0.3 is 0 Å². The molecular weight excluding hydrogens is 188 g/mol. The first kappa shape index (κ1) is 13.4. The van der Waals surface area contributed by atoms with Crippen LogP contribution in [0.2, 0.25) is 0 Å². The van der Waals surface area contributed by atoms with Gasteiger partial charge in [-0.1, -0.05) is 33.8 Å². The quantitative estimate of drug-likeness (QED) is 0.709. The lowest BCUT2D eigenvalue weighted by Gasteiger charge is -1.86. The van der Waals surface area contributed by atoms with E-state index in [1.807, 2.05) is 52.1 Å². The Labute approximate surface area is 90.7 Å². The Bertz CT molecular complexity index is 439. The minimum absolute atomic E-state index is 0.389. The predicted molar refractivity (Wildman–Crippen MR) is 62.7 cm³/mol. The standard InChI is InChI=1S/C7H8N4.2C2H6/c1-10-7(8)11-5-3-2-4-6(11)9-10;2*1-2/h2-5,8H,1H3;2*1-2H3.